The molecule has 0 bridgehead atoms. The number of hydrogen-bond donors (Lipinski definition) is 2. The number of pyridine rings is 1. The maximum Gasteiger partial charge on any atom is 0.305 e. The van der Waals surface area contributed by atoms with Crippen molar-refractivity contribution in [3.05, 3.63) is 24.4 Å². The largest absolute Gasteiger partial charge is 0.481 e. The molecule has 6 heteroatoms. The number of anilines is 1. The van der Waals surface area contributed by atoms with E-state index in [1.54, 1.807) is 12.1 Å². The fourth-order valence-corrected chi connectivity index (χ4v) is 1.03. The molecule has 1 rings (SSSR count). The SMILES string of the molecule is O=C(O)CC(Nc1ccccn1)C(F)F. The highest BCUT2D eigenvalue weighted by Gasteiger charge is 2.23. The first kappa shape index (κ1) is 11.4. The van der Waals surface area contributed by atoms with Gasteiger partial charge in [-0.3, -0.25) is 4.79 Å². The normalized spacial score (nSPS) is 12.5. The Kier molecular flexibility index (Phi) is 3.96. The molecule has 0 aliphatic rings. The van der Waals surface area contributed by atoms with E-state index in [0.717, 1.165) is 0 Å². The van der Waals surface area contributed by atoms with E-state index in [0.29, 0.717) is 0 Å². The molecule has 1 heterocycles. The Morgan fingerprint density at radius 1 is 1.53 bits per heavy atom. The van der Waals surface area contributed by atoms with Crippen LogP contribution in [0.25, 0.3) is 0 Å². The van der Waals surface area contributed by atoms with Crippen molar-refractivity contribution in [3.8, 4) is 0 Å². The van der Waals surface area contributed by atoms with Gasteiger partial charge in [-0.2, -0.15) is 0 Å². The number of carbonyl (C=O) groups is 1. The van der Waals surface area contributed by atoms with Crippen molar-refractivity contribution in [2.45, 2.75) is 18.9 Å². The molecule has 1 aromatic heterocycles. The van der Waals surface area contributed by atoms with Gasteiger partial charge in [0.05, 0.1) is 12.5 Å². The molecule has 1 atom stereocenters. The number of nitrogens with one attached hydrogen (secondary N) is 1. The highest BCUT2D eigenvalue weighted by atomic mass is 19.3. The molecule has 15 heavy (non-hydrogen) atoms. The summed E-state index contributed by atoms with van der Waals surface area (Å²) in [4.78, 5) is 14.1. The highest BCUT2D eigenvalue weighted by molar-refractivity contribution is 5.68. The molecule has 2 N–H and O–H groups in total. The Balaban J connectivity index is 2.63. The van der Waals surface area contributed by atoms with Gasteiger partial charge in [0.15, 0.2) is 0 Å². The summed E-state index contributed by atoms with van der Waals surface area (Å²) in [5, 5.41) is 10.8. The zero-order valence-electron chi connectivity index (χ0n) is 7.73. The van der Waals surface area contributed by atoms with Gasteiger partial charge >= 0.3 is 5.97 Å². The average Bonchev–Trinajstić information content (AvgIpc) is 2.17. The predicted molar refractivity (Wildman–Crippen MR) is 49.9 cm³/mol. The molecular weight excluding hydrogens is 206 g/mol. The van der Waals surface area contributed by atoms with Gasteiger partial charge in [0.25, 0.3) is 6.43 Å². The Morgan fingerprint density at radius 2 is 2.27 bits per heavy atom. The van der Waals surface area contributed by atoms with Crippen LogP contribution in [0, 0.1) is 0 Å². The molecule has 0 saturated heterocycles. The van der Waals surface area contributed by atoms with Gasteiger partial charge in [-0.05, 0) is 12.1 Å². The summed E-state index contributed by atoms with van der Waals surface area (Å²) in [6, 6.07) is 3.34. The molecule has 0 radical (unpaired) electrons. The van der Waals surface area contributed by atoms with Gasteiger partial charge in [0.2, 0.25) is 0 Å². The highest BCUT2D eigenvalue weighted by Crippen LogP contribution is 2.12. The molecule has 0 spiro atoms. The van der Waals surface area contributed by atoms with Crippen LogP contribution >= 0.6 is 0 Å². The number of nitrogens with zero attached hydrogens (tertiary/aromatic N) is 1. The number of rotatable bonds is 5. The van der Waals surface area contributed by atoms with E-state index >= 15 is 0 Å². The molecular formula is C9H10F2N2O2. The summed E-state index contributed by atoms with van der Waals surface area (Å²) in [5.41, 5.74) is 0. The van der Waals surface area contributed by atoms with Crippen LogP contribution in [-0.2, 0) is 4.79 Å². The minimum Gasteiger partial charge on any atom is -0.481 e. The molecule has 0 aliphatic carbocycles. The zero-order chi connectivity index (χ0) is 11.3. The van der Waals surface area contributed by atoms with Crippen LogP contribution in [0.5, 0.6) is 0 Å². The zero-order valence-corrected chi connectivity index (χ0v) is 7.73. The molecule has 0 saturated carbocycles. The van der Waals surface area contributed by atoms with Gasteiger partial charge in [0, 0.05) is 6.20 Å². The topological polar surface area (TPSA) is 62.2 Å². The second-order valence-corrected chi connectivity index (χ2v) is 2.90. The average molecular weight is 216 g/mol. The van der Waals surface area contributed by atoms with Crippen LogP contribution in [0.3, 0.4) is 0 Å². The summed E-state index contributed by atoms with van der Waals surface area (Å²) >= 11 is 0. The van der Waals surface area contributed by atoms with Crippen LogP contribution in [-0.4, -0.2) is 28.5 Å². The predicted octanol–water partition coefficient (Wildman–Crippen LogP) is 1.60. The number of halogens is 2. The monoisotopic (exact) mass is 216 g/mol. The third-order valence-corrected chi connectivity index (χ3v) is 1.70. The van der Waals surface area contributed by atoms with Gasteiger partial charge in [0.1, 0.15) is 5.82 Å². The van der Waals surface area contributed by atoms with E-state index in [2.05, 4.69) is 10.3 Å². The summed E-state index contributed by atoms with van der Waals surface area (Å²) < 4.78 is 24.8. The van der Waals surface area contributed by atoms with Crippen molar-refractivity contribution in [1.29, 1.82) is 0 Å². The minimum atomic E-state index is -2.75. The van der Waals surface area contributed by atoms with Crippen molar-refractivity contribution in [2.75, 3.05) is 5.32 Å². The molecule has 0 aromatic carbocycles. The second kappa shape index (κ2) is 5.23. The number of aliphatic carboxylic acids is 1. The lowest BCUT2D eigenvalue weighted by Gasteiger charge is -2.15. The lowest BCUT2D eigenvalue weighted by molar-refractivity contribution is -0.138. The molecule has 1 unspecified atom stereocenters. The van der Waals surface area contributed by atoms with Crippen molar-refractivity contribution in [1.82, 2.24) is 4.98 Å². The number of aromatic nitrogens is 1. The minimum absolute atomic E-state index is 0.240. The lowest BCUT2D eigenvalue weighted by atomic mass is 10.2. The van der Waals surface area contributed by atoms with E-state index in [-0.39, 0.29) is 5.82 Å². The van der Waals surface area contributed by atoms with E-state index in [1.807, 2.05) is 0 Å². The Hall–Kier alpha value is -1.72. The third-order valence-electron chi connectivity index (χ3n) is 1.70. The maximum absolute atomic E-state index is 12.4. The van der Waals surface area contributed by atoms with Gasteiger partial charge in [-0.25, -0.2) is 13.8 Å². The lowest BCUT2D eigenvalue weighted by Crippen LogP contribution is -2.30. The summed E-state index contributed by atoms with van der Waals surface area (Å²) in [6.45, 7) is 0. The van der Waals surface area contributed by atoms with Crippen LogP contribution in [0.2, 0.25) is 0 Å². The first-order valence-electron chi connectivity index (χ1n) is 4.27. The van der Waals surface area contributed by atoms with E-state index in [9.17, 15) is 13.6 Å². The molecule has 0 amide bonds. The van der Waals surface area contributed by atoms with Gasteiger partial charge in [-0.15, -0.1) is 0 Å². The van der Waals surface area contributed by atoms with Crippen molar-refractivity contribution >= 4 is 11.8 Å². The van der Waals surface area contributed by atoms with E-state index < -0.39 is 24.9 Å². The number of carboxylic acid groups (broad SMARTS) is 1. The van der Waals surface area contributed by atoms with Crippen LogP contribution < -0.4 is 5.32 Å². The van der Waals surface area contributed by atoms with Crippen LogP contribution in [0.4, 0.5) is 14.6 Å². The van der Waals surface area contributed by atoms with Crippen molar-refractivity contribution < 1.29 is 18.7 Å². The van der Waals surface area contributed by atoms with Crippen molar-refractivity contribution in [2.24, 2.45) is 0 Å². The molecule has 1 aromatic rings. The Morgan fingerprint density at radius 3 is 2.73 bits per heavy atom. The maximum atomic E-state index is 12.4. The van der Waals surface area contributed by atoms with E-state index in [4.69, 9.17) is 5.11 Å². The number of carboxylic acids is 1. The number of alkyl halides is 2. The molecule has 4 nitrogen and oxygen atoms in total. The van der Waals surface area contributed by atoms with Crippen LogP contribution in [0.1, 0.15) is 6.42 Å². The summed E-state index contributed by atoms with van der Waals surface area (Å²) in [6.07, 6.45) is -1.96. The standard InChI is InChI=1S/C9H10F2N2O2/c10-9(11)6(5-8(14)15)13-7-3-1-2-4-12-7/h1-4,6,9H,5H2,(H,12,13)(H,14,15). The Bertz CT molecular complexity index is 319. The van der Waals surface area contributed by atoms with E-state index in [1.165, 1.54) is 12.3 Å². The van der Waals surface area contributed by atoms with Gasteiger partial charge < -0.3 is 10.4 Å². The Labute approximate surface area is 84.9 Å². The summed E-state index contributed by atoms with van der Waals surface area (Å²) in [5.74, 6) is -1.03. The fraction of sp³-hybridized carbons (Fsp3) is 0.333. The summed E-state index contributed by atoms with van der Waals surface area (Å²) in [7, 11) is 0. The smallest absolute Gasteiger partial charge is 0.305 e. The van der Waals surface area contributed by atoms with Crippen LogP contribution in [0.15, 0.2) is 24.4 Å². The fourth-order valence-electron chi connectivity index (χ4n) is 1.03. The molecule has 0 fully saturated rings. The van der Waals surface area contributed by atoms with Crippen molar-refractivity contribution in [3.63, 3.8) is 0 Å². The third kappa shape index (κ3) is 3.88. The molecule has 82 valence electrons. The molecule has 0 aliphatic heterocycles. The first-order valence-corrected chi connectivity index (χ1v) is 4.27. The number of hydrogen-bond acceptors (Lipinski definition) is 3. The second-order valence-electron chi connectivity index (χ2n) is 2.90. The van der Waals surface area contributed by atoms with Gasteiger partial charge in [-0.1, -0.05) is 6.07 Å². The quantitative estimate of drug-likeness (QED) is 0.784. The first-order chi connectivity index (χ1) is 7.09.